The lowest BCUT2D eigenvalue weighted by Crippen LogP contribution is -2.82. The van der Waals surface area contributed by atoms with E-state index in [-0.39, 0.29) is 17.7 Å². The van der Waals surface area contributed by atoms with E-state index in [1.807, 2.05) is 44.9 Å². The lowest BCUT2D eigenvalue weighted by Gasteiger charge is -2.65. The number of benzene rings is 1. The van der Waals surface area contributed by atoms with Gasteiger partial charge in [-0.3, -0.25) is 14.5 Å². The number of ether oxygens (including phenoxy) is 1. The molecule has 2 bridgehead atoms. The fourth-order valence-corrected chi connectivity index (χ4v) is 9.17. The highest BCUT2D eigenvalue weighted by molar-refractivity contribution is 6.10. The molecule has 7 heteroatoms. The topological polar surface area (TPSA) is 82.1 Å². The predicted molar refractivity (Wildman–Crippen MR) is 132 cm³/mol. The van der Waals surface area contributed by atoms with Gasteiger partial charge in [-0.25, -0.2) is 0 Å². The molecule has 186 valence electrons. The Bertz CT molecular complexity index is 1260. The van der Waals surface area contributed by atoms with Gasteiger partial charge in [0, 0.05) is 25.7 Å². The highest BCUT2D eigenvalue weighted by Gasteiger charge is 2.82. The van der Waals surface area contributed by atoms with Gasteiger partial charge < -0.3 is 20.1 Å². The van der Waals surface area contributed by atoms with Crippen molar-refractivity contribution in [3.05, 3.63) is 29.3 Å². The second-order valence-electron chi connectivity index (χ2n) is 13.2. The molecule has 2 N–H and O–H groups in total. The highest BCUT2D eigenvalue weighted by Crippen LogP contribution is 2.72. The van der Waals surface area contributed by atoms with Gasteiger partial charge in [0.2, 0.25) is 11.8 Å². The number of amides is 2. The number of rotatable bonds is 0. The molecule has 1 saturated carbocycles. The Morgan fingerprint density at radius 3 is 2.63 bits per heavy atom. The zero-order chi connectivity index (χ0) is 25.0. The van der Waals surface area contributed by atoms with Gasteiger partial charge in [0.05, 0.1) is 22.2 Å². The number of hydrogen-bond donors (Lipinski definition) is 2. The third-order valence-electron chi connectivity index (χ3n) is 11.1. The monoisotopic (exact) mass is 477 g/mol. The molecular weight excluding hydrogens is 442 g/mol. The fraction of sp³-hybridized carbons (Fsp3) is 0.643. The molecule has 1 aliphatic carbocycles. The van der Waals surface area contributed by atoms with Crippen molar-refractivity contribution in [3.8, 4) is 5.75 Å². The molecule has 4 saturated heterocycles. The van der Waals surface area contributed by atoms with Gasteiger partial charge in [0.25, 0.3) is 0 Å². The summed E-state index contributed by atoms with van der Waals surface area (Å²) < 4.78 is 6.20. The van der Waals surface area contributed by atoms with Crippen LogP contribution >= 0.6 is 0 Å². The second-order valence-corrected chi connectivity index (χ2v) is 13.2. The lowest BCUT2D eigenvalue weighted by atomic mass is 9.55. The maximum atomic E-state index is 14.1. The predicted octanol–water partition coefficient (Wildman–Crippen LogP) is 2.92. The van der Waals surface area contributed by atoms with Crippen molar-refractivity contribution in [1.82, 2.24) is 9.80 Å². The zero-order valence-electron chi connectivity index (χ0n) is 21.5. The van der Waals surface area contributed by atoms with E-state index in [0.717, 1.165) is 22.6 Å². The van der Waals surface area contributed by atoms with E-state index < -0.39 is 33.1 Å². The zero-order valence-corrected chi connectivity index (χ0v) is 21.5. The summed E-state index contributed by atoms with van der Waals surface area (Å²) in [4.78, 5) is 32.2. The third kappa shape index (κ3) is 2.08. The van der Waals surface area contributed by atoms with Crippen molar-refractivity contribution in [3.63, 3.8) is 0 Å². The van der Waals surface area contributed by atoms with Crippen LogP contribution in [0.4, 0.5) is 5.69 Å². The normalized spacial score (nSPS) is 43.6. The summed E-state index contributed by atoms with van der Waals surface area (Å²) in [5.74, 6) is 0.889. The molecule has 5 fully saturated rings. The molecule has 0 radical (unpaired) electrons. The third-order valence-corrected chi connectivity index (χ3v) is 11.1. The van der Waals surface area contributed by atoms with E-state index in [0.29, 0.717) is 32.4 Å². The fourth-order valence-electron chi connectivity index (χ4n) is 9.17. The summed E-state index contributed by atoms with van der Waals surface area (Å²) >= 11 is 0. The van der Waals surface area contributed by atoms with Crippen LogP contribution in [0.3, 0.4) is 0 Å². The van der Waals surface area contributed by atoms with Crippen molar-refractivity contribution in [2.24, 2.45) is 11.3 Å². The van der Waals surface area contributed by atoms with Crippen LogP contribution in [0, 0.1) is 11.3 Å². The largest absolute Gasteiger partial charge is 0.483 e. The Balaban J connectivity index is 1.43. The Labute approximate surface area is 206 Å². The number of carbonyl (C=O) groups is 2. The van der Waals surface area contributed by atoms with E-state index >= 15 is 0 Å². The SMILES string of the molecule is CN1C(=O)[C@@]23C[C@H]4C(C)(C)[C@@]5(C[C@]41CN2CC[C@@]3(C)O)C(=O)Nc1c5ccc2c1C=CC(C)(C)O2. The van der Waals surface area contributed by atoms with E-state index in [1.165, 1.54) is 0 Å². The highest BCUT2D eigenvalue weighted by atomic mass is 16.5. The number of likely N-dealkylation sites (N-methyl/N-ethyl adjacent to an activating group) is 1. The Hall–Kier alpha value is -2.38. The minimum absolute atomic E-state index is 0.0120. The number of carbonyl (C=O) groups excluding carboxylic acids is 2. The van der Waals surface area contributed by atoms with Crippen LogP contribution in [0.15, 0.2) is 18.2 Å². The standard InChI is InChI=1S/C28H35N3O4/c1-23(2)10-9-16-18(35-23)8-7-17-20(16)29-21(32)27(17)14-26-15-31-12-11-25(5,34)28(31,22(33)30(26)6)13-19(26)24(27,3)4/h7-10,19,34H,11-15H2,1-6H3,(H,29,32)/t19-,25+,26-,27+,28+/m0/s1. The summed E-state index contributed by atoms with van der Waals surface area (Å²) in [6.07, 6.45) is 5.87. The van der Waals surface area contributed by atoms with Gasteiger partial charge in [0.1, 0.15) is 16.9 Å². The van der Waals surface area contributed by atoms with Crippen LogP contribution in [0.5, 0.6) is 5.75 Å². The number of piperazine rings is 1. The van der Waals surface area contributed by atoms with Gasteiger partial charge in [0.15, 0.2) is 0 Å². The number of nitrogens with zero attached hydrogens (tertiary/aromatic N) is 2. The average molecular weight is 478 g/mol. The maximum Gasteiger partial charge on any atom is 0.246 e. The number of hydrogen-bond acceptors (Lipinski definition) is 5. The van der Waals surface area contributed by atoms with Crippen molar-refractivity contribution >= 4 is 23.6 Å². The van der Waals surface area contributed by atoms with Gasteiger partial charge in [-0.1, -0.05) is 19.9 Å². The Morgan fingerprint density at radius 2 is 1.89 bits per heavy atom. The van der Waals surface area contributed by atoms with Crippen LogP contribution in [0.1, 0.15) is 65.0 Å². The number of nitrogens with one attached hydrogen (secondary N) is 1. The first-order chi connectivity index (χ1) is 16.2. The van der Waals surface area contributed by atoms with E-state index in [9.17, 15) is 14.7 Å². The average Bonchev–Trinajstić information content (AvgIpc) is 3.29. The summed E-state index contributed by atoms with van der Waals surface area (Å²) in [5, 5.41) is 14.8. The number of fused-ring (bicyclic) bond motifs is 5. The van der Waals surface area contributed by atoms with Crippen molar-refractivity contribution in [2.45, 2.75) is 81.6 Å². The van der Waals surface area contributed by atoms with E-state index in [2.05, 4.69) is 36.2 Å². The van der Waals surface area contributed by atoms with Crippen LogP contribution in [-0.2, 0) is 15.0 Å². The molecule has 8 rings (SSSR count). The van der Waals surface area contributed by atoms with Gasteiger partial charge in [-0.2, -0.15) is 0 Å². The van der Waals surface area contributed by atoms with Crippen molar-refractivity contribution in [2.75, 3.05) is 25.5 Å². The molecule has 1 aromatic carbocycles. The first kappa shape index (κ1) is 21.9. The van der Waals surface area contributed by atoms with Crippen LogP contribution in [0.25, 0.3) is 6.08 Å². The second kappa shape index (κ2) is 5.78. The lowest BCUT2D eigenvalue weighted by molar-refractivity contribution is -0.206. The molecular formula is C28H35N3O4. The Kier molecular flexibility index (Phi) is 3.61. The number of anilines is 1. The molecule has 6 aliphatic heterocycles. The molecule has 35 heavy (non-hydrogen) atoms. The quantitative estimate of drug-likeness (QED) is 0.601. The van der Waals surface area contributed by atoms with Crippen molar-refractivity contribution < 1.29 is 19.4 Å². The first-order valence-corrected chi connectivity index (χ1v) is 12.9. The number of piperidine rings is 2. The molecule has 7 nitrogen and oxygen atoms in total. The molecule has 3 spiro atoms. The molecule has 6 heterocycles. The molecule has 5 atom stereocenters. The summed E-state index contributed by atoms with van der Waals surface area (Å²) in [6, 6.07) is 4.08. The van der Waals surface area contributed by atoms with Gasteiger partial charge in [-0.15, -0.1) is 0 Å². The molecule has 2 amide bonds. The van der Waals surface area contributed by atoms with Crippen LogP contribution in [-0.4, -0.2) is 69.1 Å². The smallest absolute Gasteiger partial charge is 0.246 e. The number of aliphatic hydroxyl groups is 1. The van der Waals surface area contributed by atoms with Gasteiger partial charge in [-0.05, 0) is 75.1 Å². The van der Waals surface area contributed by atoms with E-state index in [1.54, 1.807) is 0 Å². The Morgan fingerprint density at radius 1 is 1.14 bits per heavy atom. The van der Waals surface area contributed by atoms with Crippen LogP contribution < -0.4 is 10.1 Å². The first-order valence-electron chi connectivity index (χ1n) is 12.9. The van der Waals surface area contributed by atoms with Crippen LogP contribution in [0.2, 0.25) is 0 Å². The molecule has 0 unspecified atom stereocenters. The molecule has 7 aliphatic rings. The van der Waals surface area contributed by atoms with Crippen molar-refractivity contribution in [1.29, 1.82) is 0 Å². The molecule has 0 aromatic heterocycles. The maximum absolute atomic E-state index is 14.1. The minimum Gasteiger partial charge on any atom is -0.483 e. The molecule has 1 aromatic rings. The minimum atomic E-state index is -1.08. The van der Waals surface area contributed by atoms with E-state index in [4.69, 9.17) is 4.74 Å². The summed E-state index contributed by atoms with van der Waals surface area (Å²) in [5.41, 5.74) is -1.26. The van der Waals surface area contributed by atoms with Gasteiger partial charge >= 0.3 is 0 Å². The summed E-state index contributed by atoms with van der Waals surface area (Å²) in [6.45, 7) is 11.7. The summed E-state index contributed by atoms with van der Waals surface area (Å²) in [7, 11) is 1.90.